The highest BCUT2D eigenvalue weighted by Crippen LogP contribution is 2.31. The molecule has 8 nitrogen and oxygen atoms in total. The molecule has 0 aliphatic carbocycles. The number of nitrogens with one attached hydrogen (secondary N) is 1. The van der Waals surface area contributed by atoms with Gasteiger partial charge in [-0.15, -0.1) is 10.2 Å². The molecule has 0 saturated carbocycles. The molecular formula is C20H20N6O2. The van der Waals surface area contributed by atoms with Crippen LogP contribution in [0.25, 0.3) is 11.4 Å². The first kappa shape index (κ1) is 17.8. The number of aromatic nitrogens is 4. The molecule has 0 spiro atoms. The van der Waals surface area contributed by atoms with Gasteiger partial charge in [0.15, 0.2) is 0 Å². The van der Waals surface area contributed by atoms with E-state index in [0.717, 1.165) is 11.1 Å². The molecule has 1 aromatic heterocycles. The van der Waals surface area contributed by atoms with Gasteiger partial charge in [0.05, 0.1) is 11.4 Å². The van der Waals surface area contributed by atoms with Crippen molar-refractivity contribution in [2.75, 3.05) is 10.2 Å². The number of benzene rings is 2. The fourth-order valence-electron chi connectivity index (χ4n) is 3.29. The van der Waals surface area contributed by atoms with Crippen molar-refractivity contribution in [1.82, 2.24) is 20.2 Å². The van der Waals surface area contributed by atoms with E-state index in [1.165, 1.54) is 4.80 Å². The predicted octanol–water partition coefficient (Wildman–Crippen LogP) is 2.41. The summed E-state index contributed by atoms with van der Waals surface area (Å²) in [5.41, 5.74) is 3.28. The van der Waals surface area contributed by atoms with Crippen LogP contribution in [-0.4, -0.2) is 38.1 Å². The molecule has 0 bridgehead atoms. The maximum atomic E-state index is 13.0. The number of para-hydroxylation sites is 2. The van der Waals surface area contributed by atoms with E-state index < -0.39 is 0 Å². The third-order valence-electron chi connectivity index (χ3n) is 4.67. The van der Waals surface area contributed by atoms with Crippen molar-refractivity contribution in [3.05, 3.63) is 54.1 Å². The van der Waals surface area contributed by atoms with Crippen molar-refractivity contribution in [3.63, 3.8) is 0 Å². The van der Waals surface area contributed by atoms with Crippen LogP contribution in [0.2, 0.25) is 0 Å². The first-order valence-electron chi connectivity index (χ1n) is 9.07. The number of hydrogen-bond donors (Lipinski definition) is 1. The van der Waals surface area contributed by atoms with Crippen LogP contribution in [0.15, 0.2) is 48.5 Å². The van der Waals surface area contributed by atoms with Gasteiger partial charge in [0, 0.05) is 18.0 Å². The number of anilines is 2. The van der Waals surface area contributed by atoms with E-state index in [2.05, 4.69) is 20.7 Å². The van der Waals surface area contributed by atoms with Crippen LogP contribution in [0.3, 0.4) is 0 Å². The molecule has 28 heavy (non-hydrogen) atoms. The van der Waals surface area contributed by atoms with Gasteiger partial charge < -0.3 is 10.2 Å². The highest BCUT2D eigenvalue weighted by molar-refractivity contribution is 6.04. The zero-order valence-corrected chi connectivity index (χ0v) is 15.7. The molecule has 0 fully saturated rings. The number of nitrogens with zero attached hydrogens (tertiary/aromatic N) is 5. The van der Waals surface area contributed by atoms with Gasteiger partial charge in [0.2, 0.25) is 11.7 Å². The molecule has 2 amide bonds. The molecule has 2 heterocycles. The van der Waals surface area contributed by atoms with E-state index in [1.807, 2.05) is 56.3 Å². The normalized spacial score (nSPS) is 16.3. The molecule has 0 unspecified atom stereocenters. The molecule has 1 aliphatic heterocycles. The van der Waals surface area contributed by atoms with Gasteiger partial charge in [-0.25, -0.2) is 0 Å². The fourth-order valence-corrected chi connectivity index (χ4v) is 3.29. The summed E-state index contributed by atoms with van der Waals surface area (Å²) in [6.45, 7) is 3.80. The largest absolute Gasteiger partial charge is 0.324 e. The van der Waals surface area contributed by atoms with Crippen molar-refractivity contribution in [1.29, 1.82) is 0 Å². The second kappa shape index (κ2) is 7.22. The molecule has 3 aromatic rings. The average Bonchev–Trinajstić information content (AvgIpc) is 3.07. The summed E-state index contributed by atoms with van der Waals surface area (Å²) in [6.07, 6.45) is 0.222. The van der Waals surface area contributed by atoms with Gasteiger partial charge in [-0.1, -0.05) is 42.0 Å². The summed E-state index contributed by atoms with van der Waals surface area (Å²) in [7, 11) is 0. The zero-order chi connectivity index (χ0) is 19.7. The number of tetrazole rings is 1. The number of carbonyl (C=O) groups excluding carboxylic acids is 2. The summed E-state index contributed by atoms with van der Waals surface area (Å²) in [6, 6.07) is 14.8. The SMILES string of the molecule is Cc1ccc(-c2nnn(CC(=O)N3c4ccccc4NC(=O)C[C@H]3C)n2)cc1. The lowest BCUT2D eigenvalue weighted by Gasteiger charge is -2.27. The van der Waals surface area contributed by atoms with E-state index in [1.54, 1.807) is 11.0 Å². The van der Waals surface area contributed by atoms with Gasteiger partial charge >= 0.3 is 0 Å². The molecule has 4 rings (SSSR count). The van der Waals surface area contributed by atoms with Crippen molar-refractivity contribution in [2.24, 2.45) is 0 Å². The Balaban J connectivity index is 1.58. The minimum atomic E-state index is -0.281. The van der Waals surface area contributed by atoms with E-state index >= 15 is 0 Å². The number of hydrogen-bond acceptors (Lipinski definition) is 5. The minimum absolute atomic E-state index is 0.0638. The molecule has 142 valence electrons. The summed E-state index contributed by atoms with van der Waals surface area (Å²) in [5, 5.41) is 15.2. The van der Waals surface area contributed by atoms with Crippen molar-refractivity contribution in [3.8, 4) is 11.4 Å². The maximum absolute atomic E-state index is 13.0. The van der Waals surface area contributed by atoms with Gasteiger partial charge in [-0.05, 0) is 31.2 Å². The molecular weight excluding hydrogens is 356 g/mol. The third-order valence-corrected chi connectivity index (χ3v) is 4.67. The van der Waals surface area contributed by atoms with E-state index in [0.29, 0.717) is 17.2 Å². The van der Waals surface area contributed by atoms with Gasteiger partial charge in [-0.3, -0.25) is 9.59 Å². The number of amides is 2. The summed E-state index contributed by atoms with van der Waals surface area (Å²) in [5.74, 6) is 0.147. The third kappa shape index (κ3) is 3.48. The van der Waals surface area contributed by atoms with E-state index in [9.17, 15) is 9.59 Å². The number of rotatable bonds is 3. The highest BCUT2D eigenvalue weighted by Gasteiger charge is 2.30. The summed E-state index contributed by atoms with van der Waals surface area (Å²) < 4.78 is 0. The van der Waals surface area contributed by atoms with Crippen LogP contribution in [0, 0.1) is 6.92 Å². The van der Waals surface area contributed by atoms with Crippen LogP contribution < -0.4 is 10.2 Å². The summed E-state index contributed by atoms with van der Waals surface area (Å²) >= 11 is 0. The Morgan fingerprint density at radius 3 is 2.71 bits per heavy atom. The number of aryl methyl sites for hydroxylation is 1. The van der Waals surface area contributed by atoms with Crippen LogP contribution in [0.1, 0.15) is 18.9 Å². The molecule has 1 aliphatic rings. The fraction of sp³-hybridized carbons (Fsp3) is 0.250. The van der Waals surface area contributed by atoms with Crippen LogP contribution in [0.5, 0.6) is 0 Å². The Morgan fingerprint density at radius 2 is 1.93 bits per heavy atom. The van der Waals surface area contributed by atoms with Crippen LogP contribution in [-0.2, 0) is 16.1 Å². The molecule has 0 radical (unpaired) electrons. The second-order valence-electron chi connectivity index (χ2n) is 6.89. The topological polar surface area (TPSA) is 93.0 Å². The predicted molar refractivity (Wildman–Crippen MR) is 105 cm³/mol. The molecule has 1 atom stereocenters. The smallest absolute Gasteiger partial charge is 0.250 e. The highest BCUT2D eigenvalue weighted by atomic mass is 16.2. The van der Waals surface area contributed by atoms with Crippen LogP contribution >= 0.6 is 0 Å². The number of fused-ring (bicyclic) bond motifs is 1. The Bertz CT molecular complexity index is 1030. The van der Waals surface area contributed by atoms with Crippen molar-refractivity contribution < 1.29 is 9.59 Å². The second-order valence-corrected chi connectivity index (χ2v) is 6.89. The van der Waals surface area contributed by atoms with E-state index in [4.69, 9.17) is 0 Å². The summed E-state index contributed by atoms with van der Waals surface area (Å²) in [4.78, 5) is 28.0. The molecule has 8 heteroatoms. The molecule has 0 saturated heterocycles. The van der Waals surface area contributed by atoms with Crippen LogP contribution in [0.4, 0.5) is 11.4 Å². The Labute approximate surface area is 162 Å². The lowest BCUT2D eigenvalue weighted by Crippen LogP contribution is -2.41. The van der Waals surface area contributed by atoms with Gasteiger partial charge in [-0.2, -0.15) is 4.80 Å². The standard InChI is InChI=1S/C20H20N6O2/c1-13-7-9-15(10-8-13)20-22-24-25(23-20)12-19(28)26-14(2)11-18(27)21-16-5-3-4-6-17(16)26/h3-10,14H,11-12H2,1-2H3,(H,21,27)/t14-/m1/s1. The van der Waals surface area contributed by atoms with Crippen molar-refractivity contribution >= 4 is 23.2 Å². The first-order valence-corrected chi connectivity index (χ1v) is 9.07. The zero-order valence-electron chi connectivity index (χ0n) is 15.7. The average molecular weight is 376 g/mol. The Hall–Kier alpha value is -3.55. The van der Waals surface area contributed by atoms with Crippen molar-refractivity contribution in [2.45, 2.75) is 32.9 Å². The Kier molecular flexibility index (Phi) is 4.60. The van der Waals surface area contributed by atoms with Gasteiger partial charge in [0.1, 0.15) is 6.54 Å². The van der Waals surface area contributed by atoms with Gasteiger partial charge in [0.25, 0.3) is 5.91 Å². The Morgan fingerprint density at radius 1 is 1.18 bits per heavy atom. The lowest BCUT2D eigenvalue weighted by atomic mass is 10.1. The quantitative estimate of drug-likeness (QED) is 0.758. The number of carbonyl (C=O) groups is 2. The molecule has 2 aromatic carbocycles. The molecule has 1 N–H and O–H groups in total. The first-order chi connectivity index (χ1) is 13.5. The van der Waals surface area contributed by atoms with E-state index in [-0.39, 0.29) is 30.8 Å². The lowest BCUT2D eigenvalue weighted by molar-refractivity contribution is -0.120. The monoisotopic (exact) mass is 376 g/mol. The maximum Gasteiger partial charge on any atom is 0.250 e. The minimum Gasteiger partial charge on any atom is -0.324 e.